The molecule has 1 fully saturated rings. The van der Waals surface area contributed by atoms with Crippen LogP contribution < -0.4 is 5.32 Å². The largest absolute Gasteiger partial charge is 0.479 e. The monoisotopic (exact) mass is 474 g/mol. The second-order valence-electron chi connectivity index (χ2n) is 8.81. The van der Waals surface area contributed by atoms with E-state index in [0.717, 1.165) is 33.2 Å². The van der Waals surface area contributed by atoms with Gasteiger partial charge in [-0.25, -0.2) is 14.0 Å². The summed E-state index contributed by atoms with van der Waals surface area (Å²) >= 11 is 0. The van der Waals surface area contributed by atoms with Crippen molar-refractivity contribution in [2.24, 2.45) is 0 Å². The average Bonchev–Trinajstić information content (AvgIpc) is 3.62. The van der Waals surface area contributed by atoms with E-state index in [1.54, 1.807) is 0 Å². The molecule has 2 aliphatic rings. The Balaban J connectivity index is 1.34. The van der Waals surface area contributed by atoms with E-state index in [1.165, 1.54) is 19.2 Å². The van der Waals surface area contributed by atoms with Crippen molar-refractivity contribution < 1.29 is 28.6 Å². The highest BCUT2D eigenvalue weighted by Gasteiger charge is 2.55. The molecule has 0 saturated heterocycles. The molecule has 2 aliphatic carbocycles. The second-order valence-corrected chi connectivity index (χ2v) is 8.81. The van der Waals surface area contributed by atoms with Crippen molar-refractivity contribution >= 4 is 23.7 Å². The molecule has 2 N–H and O–H groups in total. The molecule has 0 radical (unpaired) electrons. The number of rotatable bonds is 6. The minimum atomic E-state index is -1.30. The van der Waals surface area contributed by atoms with Crippen LogP contribution in [0, 0.1) is 5.82 Å². The maximum absolute atomic E-state index is 14.7. The highest BCUT2D eigenvalue weighted by Crippen LogP contribution is 2.45. The molecule has 7 nitrogen and oxygen atoms in total. The SMILES string of the molecule is CN(C(=O)c1cccc(F)c1NC(=O)OCC1c2ccccc2-c2ccccc21)C1(C(=O)O)CC1. The lowest BCUT2D eigenvalue weighted by Crippen LogP contribution is -2.44. The number of ether oxygens (including phenoxy) is 1. The molecule has 0 spiro atoms. The lowest BCUT2D eigenvalue weighted by molar-refractivity contribution is -0.143. The molecule has 8 heteroatoms. The summed E-state index contributed by atoms with van der Waals surface area (Å²) in [6.45, 7) is 0.0274. The smallest absolute Gasteiger partial charge is 0.411 e. The molecule has 3 aromatic rings. The third kappa shape index (κ3) is 3.80. The number of aliphatic carboxylic acids is 1. The van der Waals surface area contributed by atoms with Gasteiger partial charge in [-0.05, 0) is 47.2 Å². The molecule has 178 valence electrons. The number of hydrogen-bond acceptors (Lipinski definition) is 4. The molecule has 1 saturated carbocycles. The van der Waals surface area contributed by atoms with Crippen LogP contribution >= 0.6 is 0 Å². The van der Waals surface area contributed by atoms with Gasteiger partial charge in [0.25, 0.3) is 5.91 Å². The number of para-hydroxylation sites is 1. The predicted molar refractivity (Wildman–Crippen MR) is 127 cm³/mol. The van der Waals surface area contributed by atoms with Crippen LogP contribution in [0.15, 0.2) is 66.7 Å². The molecule has 0 atom stereocenters. The van der Waals surface area contributed by atoms with Crippen LogP contribution in [0.3, 0.4) is 0 Å². The normalized spacial score (nSPS) is 15.0. The van der Waals surface area contributed by atoms with Crippen LogP contribution in [0.1, 0.15) is 40.2 Å². The molecule has 0 aromatic heterocycles. The molecule has 3 aromatic carbocycles. The van der Waals surface area contributed by atoms with Gasteiger partial charge in [-0.2, -0.15) is 0 Å². The second kappa shape index (κ2) is 8.54. The number of carbonyl (C=O) groups is 3. The van der Waals surface area contributed by atoms with Crippen LogP contribution in [-0.4, -0.2) is 47.2 Å². The lowest BCUT2D eigenvalue weighted by Gasteiger charge is -2.25. The van der Waals surface area contributed by atoms with Gasteiger partial charge in [0.2, 0.25) is 0 Å². The van der Waals surface area contributed by atoms with Crippen molar-refractivity contribution in [3.05, 3.63) is 89.2 Å². The van der Waals surface area contributed by atoms with Crippen molar-refractivity contribution in [2.45, 2.75) is 24.3 Å². The number of likely N-dealkylation sites (N-methyl/N-ethyl adjacent to an activating group) is 1. The van der Waals surface area contributed by atoms with Crippen LogP contribution in [0.25, 0.3) is 11.1 Å². The van der Waals surface area contributed by atoms with E-state index in [1.807, 2.05) is 48.5 Å². The van der Waals surface area contributed by atoms with Gasteiger partial charge in [-0.15, -0.1) is 0 Å². The lowest BCUT2D eigenvalue weighted by atomic mass is 9.98. The topological polar surface area (TPSA) is 95.9 Å². The van der Waals surface area contributed by atoms with Crippen LogP contribution in [0.4, 0.5) is 14.9 Å². The van der Waals surface area contributed by atoms with Crippen LogP contribution in [-0.2, 0) is 9.53 Å². The Morgan fingerprint density at radius 3 is 2.17 bits per heavy atom. The first kappa shape index (κ1) is 22.6. The fraction of sp³-hybridized carbons (Fsp3) is 0.222. The van der Waals surface area contributed by atoms with Gasteiger partial charge in [-0.3, -0.25) is 10.1 Å². The molecule has 0 bridgehead atoms. The van der Waals surface area contributed by atoms with E-state index in [4.69, 9.17) is 4.74 Å². The summed E-state index contributed by atoms with van der Waals surface area (Å²) in [4.78, 5) is 38.4. The highest BCUT2D eigenvalue weighted by atomic mass is 19.1. The standard InChI is InChI=1S/C27H23FN2O5/c1-30(27(13-14-27)25(32)33)24(31)20-11-6-12-22(28)23(20)29-26(34)35-15-21-18-9-4-2-7-16(18)17-8-3-5-10-19(17)21/h2-12,21H,13-15H2,1H3,(H,29,34)(H,32,33). The first-order valence-electron chi connectivity index (χ1n) is 11.3. The number of hydrogen-bond donors (Lipinski definition) is 2. The Bertz CT molecular complexity index is 1310. The number of amides is 2. The number of carbonyl (C=O) groups excluding carboxylic acids is 2. The summed E-state index contributed by atoms with van der Waals surface area (Å²) < 4.78 is 20.2. The van der Waals surface area contributed by atoms with E-state index in [-0.39, 0.29) is 23.8 Å². The third-order valence-corrected chi connectivity index (χ3v) is 6.88. The number of nitrogens with zero attached hydrogens (tertiary/aromatic N) is 1. The number of carboxylic acid groups (broad SMARTS) is 1. The number of nitrogens with one attached hydrogen (secondary N) is 1. The Morgan fingerprint density at radius 2 is 1.60 bits per heavy atom. The fourth-order valence-corrected chi connectivity index (χ4v) is 4.75. The molecular weight excluding hydrogens is 451 g/mol. The molecule has 0 heterocycles. The fourth-order valence-electron chi connectivity index (χ4n) is 4.75. The number of carboxylic acids is 1. The van der Waals surface area contributed by atoms with Crippen LogP contribution in [0.2, 0.25) is 0 Å². The Labute approximate surface area is 201 Å². The van der Waals surface area contributed by atoms with E-state index >= 15 is 0 Å². The van der Waals surface area contributed by atoms with Crippen molar-refractivity contribution in [2.75, 3.05) is 19.0 Å². The molecule has 0 unspecified atom stereocenters. The quantitative estimate of drug-likeness (QED) is 0.531. The van der Waals surface area contributed by atoms with Crippen LogP contribution in [0.5, 0.6) is 0 Å². The van der Waals surface area contributed by atoms with Crippen molar-refractivity contribution in [3.8, 4) is 11.1 Å². The predicted octanol–water partition coefficient (Wildman–Crippen LogP) is 4.88. The molecule has 35 heavy (non-hydrogen) atoms. The molecule has 2 amide bonds. The van der Waals surface area contributed by atoms with E-state index in [2.05, 4.69) is 5.32 Å². The number of anilines is 1. The summed E-state index contributed by atoms with van der Waals surface area (Å²) in [6.07, 6.45) is -0.280. The molecule has 5 rings (SSSR count). The van der Waals surface area contributed by atoms with Gasteiger partial charge in [0.05, 0.1) is 11.3 Å². The van der Waals surface area contributed by atoms with Gasteiger partial charge in [0.1, 0.15) is 18.0 Å². The first-order valence-corrected chi connectivity index (χ1v) is 11.3. The van der Waals surface area contributed by atoms with Gasteiger partial charge < -0.3 is 14.7 Å². The maximum Gasteiger partial charge on any atom is 0.411 e. The Morgan fingerprint density at radius 1 is 1.00 bits per heavy atom. The molecular formula is C27H23FN2O5. The Kier molecular flexibility index (Phi) is 5.51. The summed E-state index contributed by atoms with van der Waals surface area (Å²) in [5.41, 5.74) is 2.44. The van der Waals surface area contributed by atoms with Gasteiger partial charge >= 0.3 is 12.1 Å². The van der Waals surface area contributed by atoms with Gasteiger partial charge in [0, 0.05) is 13.0 Å². The number of halogens is 1. The zero-order valence-electron chi connectivity index (χ0n) is 19.0. The van der Waals surface area contributed by atoms with Gasteiger partial charge in [0.15, 0.2) is 0 Å². The maximum atomic E-state index is 14.7. The van der Waals surface area contributed by atoms with E-state index in [0.29, 0.717) is 12.8 Å². The first-order chi connectivity index (χ1) is 16.8. The Hall–Kier alpha value is -4.20. The zero-order valence-corrected chi connectivity index (χ0v) is 19.0. The van der Waals surface area contributed by atoms with Crippen molar-refractivity contribution in [3.63, 3.8) is 0 Å². The zero-order chi connectivity index (χ0) is 24.7. The number of benzene rings is 3. The summed E-state index contributed by atoms with van der Waals surface area (Å²) in [7, 11) is 1.37. The summed E-state index contributed by atoms with van der Waals surface area (Å²) in [5, 5.41) is 11.9. The third-order valence-electron chi connectivity index (χ3n) is 6.88. The summed E-state index contributed by atoms with van der Waals surface area (Å²) in [5.74, 6) is -2.81. The minimum Gasteiger partial charge on any atom is -0.479 e. The highest BCUT2D eigenvalue weighted by molar-refractivity contribution is 6.05. The van der Waals surface area contributed by atoms with Gasteiger partial charge in [-0.1, -0.05) is 54.6 Å². The van der Waals surface area contributed by atoms with Crippen molar-refractivity contribution in [1.29, 1.82) is 0 Å². The minimum absolute atomic E-state index is 0.0274. The molecule has 0 aliphatic heterocycles. The number of fused-ring (bicyclic) bond motifs is 3. The van der Waals surface area contributed by atoms with E-state index < -0.39 is 29.3 Å². The van der Waals surface area contributed by atoms with E-state index in [9.17, 15) is 23.9 Å². The average molecular weight is 474 g/mol. The summed E-state index contributed by atoms with van der Waals surface area (Å²) in [6, 6.07) is 19.6. The van der Waals surface area contributed by atoms with Crippen molar-refractivity contribution in [1.82, 2.24) is 4.90 Å².